The van der Waals surface area contributed by atoms with E-state index in [0.717, 1.165) is 18.8 Å². The highest BCUT2D eigenvalue weighted by molar-refractivity contribution is 5.50. The van der Waals surface area contributed by atoms with E-state index >= 15 is 0 Å². The summed E-state index contributed by atoms with van der Waals surface area (Å²) < 4.78 is 0. The van der Waals surface area contributed by atoms with Crippen molar-refractivity contribution >= 4 is 5.82 Å². The zero-order valence-electron chi connectivity index (χ0n) is 8.85. The van der Waals surface area contributed by atoms with Crippen LogP contribution in [-0.2, 0) is 0 Å². The Kier molecular flexibility index (Phi) is 2.82. The van der Waals surface area contributed by atoms with Crippen LogP contribution in [0.5, 0.6) is 0 Å². The van der Waals surface area contributed by atoms with Crippen molar-refractivity contribution in [3.63, 3.8) is 0 Å². The van der Waals surface area contributed by atoms with Gasteiger partial charge in [-0.05, 0) is 19.3 Å². The molecule has 2 rings (SSSR count). The number of aromatic nitrogens is 2. The molecule has 1 aliphatic rings. The van der Waals surface area contributed by atoms with Crippen LogP contribution in [0.1, 0.15) is 31.9 Å². The highest BCUT2D eigenvalue weighted by atomic mass is 15.2. The second kappa shape index (κ2) is 4.26. The smallest absolute Gasteiger partial charge is 0.183 e. The van der Waals surface area contributed by atoms with Gasteiger partial charge in [0, 0.05) is 25.0 Å². The first kappa shape index (κ1) is 9.91. The van der Waals surface area contributed by atoms with Crippen molar-refractivity contribution in [1.82, 2.24) is 9.97 Å². The average Bonchev–Trinajstić information content (AvgIpc) is 2.76. The Hall–Kier alpha value is -1.63. The molecular formula is C11H14N4. The fraction of sp³-hybridized carbons (Fsp3) is 0.545. The summed E-state index contributed by atoms with van der Waals surface area (Å²) in [5.74, 6) is 0.754. The molecule has 2 heterocycles. The van der Waals surface area contributed by atoms with E-state index in [1.54, 1.807) is 12.4 Å². The zero-order valence-corrected chi connectivity index (χ0v) is 8.85. The molecule has 1 atom stereocenters. The summed E-state index contributed by atoms with van der Waals surface area (Å²) in [6, 6.07) is 2.62. The Bertz CT molecular complexity index is 382. The van der Waals surface area contributed by atoms with Crippen molar-refractivity contribution < 1.29 is 0 Å². The number of hydrogen-bond donors (Lipinski definition) is 0. The van der Waals surface area contributed by atoms with Crippen LogP contribution >= 0.6 is 0 Å². The molecule has 0 aromatic carbocycles. The Morgan fingerprint density at radius 2 is 2.33 bits per heavy atom. The van der Waals surface area contributed by atoms with Gasteiger partial charge in [0.15, 0.2) is 11.5 Å². The maximum absolute atomic E-state index is 8.96. The summed E-state index contributed by atoms with van der Waals surface area (Å²) in [6.45, 7) is 3.16. The largest absolute Gasteiger partial charge is 0.351 e. The predicted octanol–water partition coefficient (Wildman–Crippen LogP) is 1.73. The molecule has 0 aliphatic carbocycles. The first-order chi connectivity index (χ1) is 7.36. The molecule has 78 valence electrons. The van der Waals surface area contributed by atoms with E-state index in [-0.39, 0.29) is 0 Å². The van der Waals surface area contributed by atoms with E-state index in [2.05, 4.69) is 27.9 Å². The second-order valence-corrected chi connectivity index (χ2v) is 3.74. The number of nitrogens with zero attached hydrogens (tertiary/aromatic N) is 4. The molecule has 1 aromatic heterocycles. The number of anilines is 1. The zero-order chi connectivity index (χ0) is 10.7. The molecule has 0 N–H and O–H groups in total. The van der Waals surface area contributed by atoms with Crippen molar-refractivity contribution in [1.29, 1.82) is 5.26 Å². The Morgan fingerprint density at radius 3 is 3.07 bits per heavy atom. The van der Waals surface area contributed by atoms with Crippen LogP contribution in [-0.4, -0.2) is 22.6 Å². The third-order valence-corrected chi connectivity index (χ3v) is 2.91. The fourth-order valence-electron chi connectivity index (χ4n) is 2.16. The van der Waals surface area contributed by atoms with Gasteiger partial charge in [-0.15, -0.1) is 0 Å². The molecule has 0 saturated carbocycles. The minimum atomic E-state index is 0.442. The lowest BCUT2D eigenvalue weighted by Crippen LogP contribution is -2.30. The number of rotatable bonds is 2. The van der Waals surface area contributed by atoms with Crippen molar-refractivity contribution in [3.8, 4) is 6.07 Å². The highest BCUT2D eigenvalue weighted by Gasteiger charge is 2.26. The molecule has 0 radical (unpaired) electrons. The molecular weight excluding hydrogens is 188 g/mol. The van der Waals surface area contributed by atoms with E-state index in [1.807, 2.05) is 0 Å². The summed E-state index contributed by atoms with van der Waals surface area (Å²) in [5, 5.41) is 8.96. The second-order valence-electron chi connectivity index (χ2n) is 3.74. The van der Waals surface area contributed by atoms with Gasteiger partial charge in [0.1, 0.15) is 6.07 Å². The molecule has 1 aliphatic heterocycles. The lowest BCUT2D eigenvalue weighted by atomic mass is 10.2. The first-order valence-corrected chi connectivity index (χ1v) is 5.34. The van der Waals surface area contributed by atoms with Gasteiger partial charge in [-0.2, -0.15) is 5.26 Å². The molecule has 1 unspecified atom stereocenters. The number of hydrogen-bond acceptors (Lipinski definition) is 4. The molecule has 0 bridgehead atoms. The Balaban J connectivity index is 2.33. The summed E-state index contributed by atoms with van der Waals surface area (Å²) in [4.78, 5) is 10.5. The minimum Gasteiger partial charge on any atom is -0.351 e. The topological polar surface area (TPSA) is 52.8 Å². The van der Waals surface area contributed by atoms with Gasteiger partial charge in [0.05, 0.1) is 0 Å². The van der Waals surface area contributed by atoms with Crippen LogP contribution in [0.4, 0.5) is 5.82 Å². The van der Waals surface area contributed by atoms with Crippen LogP contribution in [0.2, 0.25) is 0 Å². The minimum absolute atomic E-state index is 0.442. The van der Waals surface area contributed by atoms with Gasteiger partial charge in [-0.3, -0.25) is 0 Å². The van der Waals surface area contributed by atoms with Crippen molar-refractivity contribution in [3.05, 3.63) is 18.1 Å². The molecule has 4 heteroatoms. The normalized spacial score (nSPS) is 20.3. The van der Waals surface area contributed by atoms with Gasteiger partial charge in [0.25, 0.3) is 0 Å². The van der Waals surface area contributed by atoms with E-state index in [9.17, 15) is 0 Å². The Labute approximate surface area is 89.6 Å². The van der Waals surface area contributed by atoms with E-state index in [1.165, 1.54) is 12.8 Å². The molecule has 15 heavy (non-hydrogen) atoms. The molecule has 1 aromatic rings. The Morgan fingerprint density at radius 1 is 1.53 bits per heavy atom. The predicted molar refractivity (Wildman–Crippen MR) is 57.4 cm³/mol. The van der Waals surface area contributed by atoms with Crippen LogP contribution in [0.25, 0.3) is 0 Å². The standard InChI is InChI=1S/C11H14N4/c1-2-9-4-3-7-15(9)11-10(8-12)13-5-6-14-11/h5-6,9H,2-4,7H2,1H3. The van der Waals surface area contributed by atoms with Gasteiger partial charge < -0.3 is 4.90 Å². The third kappa shape index (κ3) is 1.78. The van der Waals surface area contributed by atoms with Gasteiger partial charge in [-0.25, -0.2) is 9.97 Å². The first-order valence-electron chi connectivity index (χ1n) is 5.34. The maximum Gasteiger partial charge on any atom is 0.183 e. The van der Waals surface area contributed by atoms with Gasteiger partial charge >= 0.3 is 0 Å². The quantitative estimate of drug-likeness (QED) is 0.732. The molecule has 0 amide bonds. The molecule has 0 spiro atoms. The highest BCUT2D eigenvalue weighted by Crippen LogP contribution is 2.26. The summed E-state index contributed by atoms with van der Waals surface area (Å²) in [5.41, 5.74) is 0.442. The van der Waals surface area contributed by atoms with E-state index < -0.39 is 0 Å². The third-order valence-electron chi connectivity index (χ3n) is 2.91. The summed E-state index contributed by atoms with van der Waals surface area (Å²) in [7, 11) is 0. The van der Waals surface area contributed by atoms with Gasteiger partial charge in [-0.1, -0.05) is 6.92 Å². The number of nitriles is 1. The summed E-state index contributed by atoms with van der Waals surface area (Å²) in [6.07, 6.45) is 6.69. The van der Waals surface area contributed by atoms with Crippen LogP contribution in [0.3, 0.4) is 0 Å². The summed E-state index contributed by atoms with van der Waals surface area (Å²) >= 11 is 0. The molecule has 1 saturated heterocycles. The van der Waals surface area contributed by atoms with E-state index in [4.69, 9.17) is 5.26 Å². The monoisotopic (exact) mass is 202 g/mol. The SMILES string of the molecule is CCC1CCCN1c1nccnc1C#N. The van der Waals surface area contributed by atoms with Crippen molar-refractivity contribution in [2.45, 2.75) is 32.2 Å². The average molecular weight is 202 g/mol. The molecule has 1 fully saturated rings. The van der Waals surface area contributed by atoms with Crippen molar-refractivity contribution in [2.24, 2.45) is 0 Å². The molecule has 4 nitrogen and oxygen atoms in total. The van der Waals surface area contributed by atoms with Crippen molar-refractivity contribution in [2.75, 3.05) is 11.4 Å². The van der Waals surface area contributed by atoms with Gasteiger partial charge in [0.2, 0.25) is 0 Å². The van der Waals surface area contributed by atoms with Crippen LogP contribution in [0, 0.1) is 11.3 Å². The van der Waals surface area contributed by atoms with Crippen LogP contribution < -0.4 is 4.90 Å². The van der Waals surface area contributed by atoms with Crippen LogP contribution in [0.15, 0.2) is 12.4 Å². The lowest BCUT2D eigenvalue weighted by Gasteiger charge is -2.24. The maximum atomic E-state index is 8.96. The fourth-order valence-corrected chi connectivity index (χ4v) is 2.16. The lowest BCUT2D eigenvalue weighted by molar-refractivity contribution is 0.639. The van der Waals surface area contributed by atoms with E-state index in [0.29, 0.717) is 11.7 Å².